The standard InChI is InChI=1S/C7H5F3N2O2/c8-7(9,10)5-2-3(13)1-4(12-5)6(11)14/h1-2H,(H2,11,14)(H,12,13). The number of nitrogens with one attached hydrogen (secondary N) is 1. The summed E-state index contributed by atoms with van der Waals surface area (Å²) in [6.07, 6.45) is -4.70. The molecule has 0 bridgehead atoms. The molecule has 1 aromatic heterocycles. The van der Waals surface area contributed by atoms with Crippen LogP contribution in [0.5, 0.6) is 0 Å². The normalized spacial score (nSPS) is 11.4. The van der Waals surface area contributed by atoms with E-state index in [1.807, 2.05) is 0 Å². The average molecular weight is 206 g/mol. The fraction of sp³-hybridized carbons (Fsp3) is 0.143. The van der Waals surface area contributed by atoms with Crippen molar-refractivity contribution in [1.29, 1.82) is 0 Å². The quantitative estimate of drug-likeness (QED) is 0.701. The lowest BCUT2D eigenvalue weighted by atomic mass is 10.3. The van der Waals surface area contributed by atoms with Crippen molar-refractivity contribution in [1.82, 2.24) is 4.98 Å². The molecule has 7 heteroatoms. The number of rotatable bonds is 1. The molecule has 1 aromatic rings. The second-order valence-corrected chi connectivity index (χ2v) is 2.51. The first-order valence-electron chi connectivity index (χ1n) is 3.42. The Bertz CT molecular complexity index is 422. The van der Waals surface area contributed by atoms with Crippen LogP contribution in [0, 0.1) is 0 Å². The highest BCUT2D eigenvalue weighted by molar-refractivity contribution is 5.90. The van der Waals surface area contributed by atoms with E-state index in [0.29, 0.717) is 12.1 Å². The minimum absolute atomic E-state index is 0.354. The molecule has 0 radical (unpaired) electrons. The number of nitrogens with two attached hydrogens (primary N) is 1. The van der Waals surface area contributed by atoms with E-state index < -0.39 is 28.9 Å². The van der Waals surface area contributed by atoms with Gasteiger partial charge in [0.15, 0.2) is 5.43 Å². The van der Waals surface area contributed by atoms with E-state index >= 15 is 0 Å². The third kappa shape index (κ3) is 2.12. The number of carbonyl (C=O) groups excluding carboxylic acids is 1. The molecular weight excluding hydrogens is 201 g/mol. The molecule has 0 spiro atoms. The second kappa shape index (κ2) is 3.17. The topological polar surface area (TPSA) is 76.0 Å². The van der Waals surface area contributed by atoms with Gasteiger partial charge in [0.1, 0.15) is 11.4 Å². The van der Waals surface area contributed by atoms with Crippen molar-refractivity contribution in [3.05, 3.63) is 33.7 Å². The van der Waals surface area contributed by atoms with Crippen molar-refractivity contribution in [2.75, 3.05) is 0 Å². The molecule has 0 atom stereocenters. The fourth-order valence-corrected chi connectivity index (χ4v) is 0.829. The molecule has 3 N–H and O–H groups in total. The summed E-state index contributed by atoms with van der Waals surface area (Å²) in [4.78, 5) is 23.0. The van der Waals surface area contributed by atoms with Crippen LogP contribution in [0.4, 0.5) is 13.2 Å². The van der Waals surface area contributed by atoms with Crippen LogP contribution in [-0.2, 0) is 6.18 Å². The van der Waals surface area contributed by atoms with Gasteiger partial charge in [-0.05, 0) is 0 Å². The van der Waals surface area contributed by atoms with Crippen molar-refractivity contribution in [2.24, 2.45) is 5.73 Å². The smallest absolute Gasteiger partial charge is 0.364 e. The predicted molar refractivity (Wildman–Crippen MR) is 40.6 cm³/mol. The Morgan fingerprint density at radius 2 is 1.93 bits per heavy atom. The summed E-state index contributed by atoms with van der Waals surface area (Å²) >= 11 is 0. The van der Waals surface area contributed by atoms with Gasteiger partial charge in [-0.1, -0.05) is 0 Å². The highest BCUT2D eigenvalue weighted by atomic mass is 19.4. The first kappa shape index (κ1) is 10.3. The highest BCUT2D eigenvalue weighted by Crippen LogP contribution is 2.26. The Kier molecular flexibility index (Phi) is 2.33. The largest absolute Gasteiger partial charge is 0.431 e. The molecule has 76 valence electrons. The van der Waals surface area contributed by atoms with E-state index in [1.54, 1.807) is 4.98 Å². The number of primary amides is 1. The molecule has 0 unspecified atom stereocenters. The maximum Gasteiger partial charge on any atom is 0.431 e. The minimum Gasteiger partial charge on any atom is -0.364 e. The van der Waals surface area contributed by atoms with Gasteiger partial charge in [-0.3, -0.25) is 9.59 Å². The molecule has 1 rings (SSSR count). The van der Waals surface area contributed by atoms with Gasteiger partial charge in [-0.25, -0.2) is 0 Å². The van der Waals surface area contributed by atoms with E-state index in [0.717, 1.165) is 0 Å². The molecule has 1 amide bonds. The Balaban J connectivity index is 3.35. The van der Waals surface area contributed by atoms with E-state index in [4.69, 9.17) is 5.73 Å². The van der Waals surface area contributed by atoms with Crippen LogP contribution in [-0.4, -0.2) is 10.9 Å². The van der Waals surface area contributed by atoms with Gasteiger partial charge < -0.3 is 10.7 Å². The van der Waals surface area contributed by atoms with Crippen LogP contribution >= 0.6 is 0 Å². The summed E-state index contributed by atoms with van der Waals surface area (Å²) in [5.41, 5.74) is 1.93. The molecule has 0 saturated heterocycles. The number of halogens is 3. The second-order valence-electron chi connectivity index (χ2n) is 2.51. The number of carbonyl (C=O) groups is 1. The van der Waals surface area contributed by atoms with Crippen LogP contribution in [0.2, 0.25) is 0 Å². The summed E-state index contributed by atoms with van der Waals surface area (Å²) in [7, 11) is 0. The van der Waals surface area contributed by atoms with Crippen molar-refractivity contribution < 1.29 is 18.0 Å². The third-order valence-corrected chi connectivity index (χ3v) is 1.41. The lowest BCUT2D eigenvalue weighted by Gasteiger charge is -2.06. The first-order chi connectivity index (χ1) is 6.30. The molecule has 14 heavy (non-hydrogen) atoms. The summed E-state index contributed by atoms with van der Waals surface area (Å²) in [6.45, 7) is 0. The highest BCUT2D eigenvalue weighted by Gasteiger charge is 2.32. The Morgan fingerprint density at radius 1 is 1.36 bits per heavy atom. The summed E-state index contributed by atoms with van der Waals surface area (Å²) in [5.74, 6) is -1.12. The van der Waals surface area contributed by atoms with Gasteiger partial charge in [-0.15, -0.1) is 0 Å². The van der Waals surface area contributed by atoms with Gasteiger partial charge >= 0.3 is 6.18 Å². The number of pyridine rings is 1. The SMILES string of the molecule is NC(=O)c1cc(=O)cc(C(F)(F)F)[nH]1. The number of aromatic amines is 1. The minimum atomic E-state index is -4.70. The van der Waals surface area contributed by atoms with E-state index in [1.165, 1.54) is 0 Å². The van der Waals surface area contributed by atoms with Crippen molar-refractivity contribution >= 4 is 5.91 Å². The van der Waals surface area contributed by atoms with E-state index in [2.05, 4.69) is 0 Å². The molecule has 1 heterocycles. The van der Waals surface area contributed by atoms with Crippen molar-refractivity contribution in [3.8, 4) is 0 Å². The van der Waals surface area contributed by atoms with Crippen LogP contribution in [0.1, 0.15) is 16.2 Å². The average Bonchev–Trinajstić information content (AvgIpc) is 2.01. The maximum absolute atomic E-state index is 12.1. The van der Waals surface area contributed by atoms with Gasteiger partial charge in [0.25, 0.3) is 5.91 Å². The summed E-state index contributed by atoms with van der Waals surface area (Å²) < 4.78 is 36.3. The number of alkyl halides is 3. The molecule has 0 aliphatic carbocycles. The number of H-pyrrole nitrogens is 1. The molecule has 0 aliphatic heterocycles. The van der Waals surface area contributed by atoms with Gasteiger partial charge in [0.2, 0.25) is 0 Å². The van der Waals surface area contributed by atoms with Gasteiger partial charge in [-0.2, -0.15) is 13.2 Å². The molecule has 0 aliphatic rings. The molecule has 0 saturated carbocycles. The lowest BCUT2D eigenvalue weighted by molar-refractivity contribution is -0.141. The number of amides is 1. The predicted octanol–water partition coefficient (Wildman–Crippen LogP) is 0.493. The molecule has 0 fully saturated rings. The fourth-order valence-electron chi connectivity index (χ4n) is 0.829. The Morgan fingerprint density at radius 3 is 2.36 bits per heavy atom. The molecular formula is C7H5F3N2O2. The lowest BCUT2D eigenvalue weighted by Crippen LogP contribution is -2.21. The maximum atomic E-state index is 12.1. The summed E-state index contributed by atoms with van der Waals surface area (Å²) in [5, 5.41) is 0. The van der Waals surface area contributed by atoms with Crippen LogP contribution in [0.3, 0.4) is 0 Å². The zero-order chi connectivity index (χ0) is 10.9. The first-order valence-corrected chi connectivity index (χ1v) is 3.42. The van der Waals surface area contributed by atoms with Gasteiger partial charge in [0.05, 0.1) is 0 Å². The Hall–Kier alpha value is -1.79. The van der Waals surface area contributed by atoms with Gasteiger partial charge in [0, 0.05) is 12.1 Å². The number of aromatic nitrogens is 1. The third-order valence-electron chi connectivity index (χ3n) is 1.41. The van der Waals surface area contributed by atoms with Crippen molar-refractivity contribution in [3.63, 3.8) is 0 Å². The van der Waals surface area contributed by atoms with Crippen LogP contribution in [0.15, 0.2) is 16.9 Å². The van der Waals surface area contributed by atoms with Crippen LogP contribution in [0.25, 0.3) is 0 Å². The zero-order valence-corrected chi connectivity index (χ0v) is 6.68. The molecule has 4 nitrogen and oxygen atoms in total. The number of hydrogen-bond donors (Lipinski definition) is 2. The monoisotopic (exact) mass is 206 g/mol. The number of hydrogen-bond acceptors (Lipinski definition) is 2. The Labute approximate surface area is 75.5 Å². The summed E-state index contributed by atoms with van der Waals surface area (Å²) in [6, 6.07) is 1.06. The molecule has 0 aromatic carbocycles. The van der Waals surface area contributed by atoms with Crippen molar-refractivity contribution in [2.45, 2.75) is 6.18 Å². The van der Waals surface area contributed by atoms with E-state index in [-0.39, 0.29) is 0 Å². The zero-order valence-electron chi connectivity index (χ0n) is 6.68. The van der Waals surface area contributed by atoms with Crippen LogP contribution < -0.4 is 11.2 Å². The van der Waals surface area contributed by atoms with E-state index in [9.17, 15) is 22.8 Å².